The van der Waals surface area contributed by atoms with Crippen molar-refractivity contribution in [3.05, 3.63) is 0 Å². The third kappa shape index (κ3) is 5.25. The lowest BCUT2D eigenvalue weighted by atomic mass is 9.99. The smallest absolute Gasteiger partial charge is 0.0791 e. The Morgan fingerprint density at radius 3 is 2.50 bits per heavy atom. The molecular weight excluding hydrogens is 224 g/mol. The van der Waals surface area contributed by atoms with Crippen molar-refractivity contribution in [2.24, 2.45) is 11.8 Å². The molecule has 3 nitrogen and oxygen atoms in total. The van der Waals surface area contributed by atoms with E-state index in [1.54, 1.807) is 0 Å². The molecule has 2 unspecified atom stereocenters. The van der Waals surface area contributed by atoms with E-state index in [9.17, 15) is 5.11 Å². The third-order valence-corrected chi connectivity index (χ3v) is 4.43. The van der Waals surface area contributed by atoms with Crippen molar-refractivity contribution < 1.29 is 5.11 Å². The number of nitrogens with one attached hydrogen (secondary N) is 1. The second-order valence-electron chi connectivity index (χ2n) is 6.63. The summed E-state index contributed by atoms with van der Waals surface area (Å²) >= 11 is 0. The number of β-amino-alcohol motifs (C(OH)–C–C–N with tert-alkyl or cyclic N) is 1. The van der Waals surface area contributed by atoms with Crippen molar-refractivity contribution in [3.63, 3.8) is 0 Å². The largest absolute Gasteiger partial charge is 0.390 e. The molecule has 1 aliphatic heterocycles. The average Bonchev–Trinajstić information content (AvgIpc) is 3.13. The Morgan fingerprint density at radius 1 is 1.22 bits per heavy atom. The quantitative estimate of drug-likeness (QED) is 0.728. The Labute approximate surface area is 112 Å². The van der Waals surface area contributed by atoms with Crippen molar-refractivity contribution in [1.29, 1.82) is 0 Å². The van der Waals surface area contributed by atoms with Gasteiger partial charge >= 0.3 is 0 Å². The van der Waals surface area contributed by atoms with Gasteiger partial charge in [0.1, 0.15) is 0 Å². The van der Waals surface area contributed by atoms with E-state index in [1.165, 1.54) is 32.1 Å². The van der Waals surface area contributed by atoms with Gasteiger partial charge in [-0.15, -0.1) is 0 Å². The molecule has 2 N–H and O–H groups in total. The SMILES string of the molecule is CC1CCN(CC(O)CNC(C)CC2CC2)CC1. The zero-order valence-electron chi connectivity index (χ0n) is 12.1. The van der Waals surface area contributed by atoms with E-state index in [-0.39, 0.29) is 6.10 Å². The summed E-state index contributed by atoms with van der Waals surface area (Å²) in [7, 11) is 0. The van der Waals surface area contributed by atoms with Gasteiger partial charge in [0, 0.05) is 19.1 Å². The van der Waals surface area contributed by atoms with Crippen LogP contribution in [-0.4, -0.2) is 48.3 Å². The van der Waals surface area contributed by atoms with Gasteiger partial charge in [-0.3, -0.25) is 0 Å². The van der Waals surface area contributed by atoms with Gasteiger partial charge in [0.05, 0.1) is 6.10 Å². The first-order chi connectivity index (χ1) is 8.63. The van der Waals surface area contributed by atoms with Gasteiger partial charge in [-0.2, -0.15) is 0 Å². The van der Waals surface area contributed by atoms with E-state index < -0.39 is 0 Å². The normalized spacial score (nSPS) is 26.2. The number of aliphatic hydroxyl groups excluding tert-OH is 1. The topological polar surface area (TPSA) is 35.5 Å². The zero-order chi connectivity index (χ0) is 13.0. The molecule has 1 saturated heterocycles. The summed E-state index contributed by atoms with van der Waals surface area (Å²) in [6, 6.07) is 0.563. The first-order valence-electron chi connectivity index (χ1n) is 7.77. The molecule has 2 rings (SSSR count). The van der Waals surface area contributed by atoms with E-state index in [4.69, 9.17) is 0 Å². The van der Waals surface area contributed by atoms with Crippen LogP contribution in [0, 0.1) is 11.8 Å². The van der Waals surface area contributed by atoms with Gasteiger partial charge < -0.3 is 15.3 Å². The maximum Gasteiger partial charge on any atom is 0.0791 e. The minimum Gasteiger partial charge on any atom is -0.390 e. The molecule has 0 bridgehead atoms. The van der Waals surface area contributed by atoms with Crippen molar-refractivity contribution in [2.45, 2.75) is 58.1 Å². The number of piperidine rings is 1. The average molecular weight is 254 g/mol. The van der Waals surface area contributed by atoms with Crippen LogP contribution in [0.15, 0.2) is 0 Å². The number of likely N-dealkylation sites (tertiary alicyclic amines) is 1. The van der Waals surface area contributed by atoms with E-state index in [2.05, 4.69) is 24.1 Å². The molecular formula is C15H30N2O. The van der Waals surface area contributed by atoms with Gasteiger partial charge in [-0.1, -0.05) is 19.8 Å². The standard InChI is InChI=1S/C15H30N2O/c1-12-5-7-17(8-6-12)11-15(18)10-16-13(2)9-14-3-4-14/h12-16,18H,3-11H2,1-2H3. The van der Waals surface area contributed by atoms with Crippen LogP contribution in [0.1, 0.15) is 46.0 Å². The van der Waals surface area contributed by atoms with Crippen LogP contribution >= 0.6 is 0 Å². The van der Waals surface area contributed by atoms with Gasteiger partial charge in [0.15, 0.2) is 0 Å². The predicted octanol–water partition coefficient (Wildman–Crippen LogP) is 1.86. The van der Waals surface area contributed by atoms with Crippen molar-refractivity contribution in [2.75, 3.05) is 26.2 Å². The van der Waals surface area contributed by atoms with Crippen molar-refractivity contribution in [3.8, 4) is 0 Å². The van der Waals surface area contributed by atoms with Gasteiger partial charge in [-0.25, -0.2) is 0 Å². The molecule has 0 aromatic rings. The van der Waals surface area contributed by atoms with Crippen LogP contribution in [-0.2, 0) is 0 Å². The zero-order valence-corrected chi connectivity index (χ0v) is 12.1. The summed E-state index contributed by atoms with van der Waals surface area (Å²) in [5.74, 6) is 1.84. The number of nitrogens with zero attached hydrogens (tertiary/aromatic N) is 1. The molecule has 18 heavy (non-hydrogen) atoms. The molecule has 0 aromatic heterocycles. The highest BCUT2D eigenvalue weighted by molar-refractivity contribution is 4.79. The lowest BCUT2D eigenvalue weighted by molar-refractivity contribution is 0.0888. The Hall–Kier alpha value is -0.120. The highest BCUT2D eigenvalue weighted by Crippen LogP contribution is 2.33. The summed E-state index contributed by atoms with van der Waals surface area (Å²) in [4.78, 5) is 2.41. The number of hydrogen-bond donors (Lipinski definition) is 2. The van der Waals surface area contributed by atoms with Crippen LogP contribution < -0.4 is 5.32 Å². The molecule has 106 valence electrons. The van der Waals surface area contributed by atoms with Crippen LogP contribution in [0.2, 0.25) is 0 Å². The monoisotopic (exact) mass is 254 g/mol. The fourth-order valence-electron chi connectivity index (χ4n) is 2.88. The summed E-state index contributed by atoms with van der Waals surface area (Å²) in [6.07, 6.45) is 6.49. The van der Waals surface area contributed by atoms with Gasteiger partial charge in [0.25, 0.3) is 0 Å². The van der Waals surface area contributed by atoms with Crippen LogP contribution in [0.3, 0.4) is 0 Å². The molecule has 3 heteroatoms. The lowest BCUT2D eigenvalue weighted by Crippen LogP contribution is -2.43. The van der Waals surface area contributed by atoms with E-state index in [0.717, 1.165) is 38.0 Å². The fraction of sp³-hybridized carbons (Fsp3) is 1.00. The number of hydrogen-bond acceptors (Lipinski definition) is 3. The minimum atomic E-state index is -0.208. The fourth-order valence-corrected chi connectivity index (χ4v) is 2.88. The van der Waals surface area contributed by atoms with E-state index in [1.807, 2.05) is 0 Å². The van der Waals surface area contributed by atoms with E-state index in [0.29, 0.717) is 6.04 Å². The summed E-state index contributed by atoms with van der Waals surface area (Å²) in [5, 5.41) is 13.5. The lowest BCUT2D eigenvalue weighted by Gasteiger charge is -2.32. The first kappa shape index (κ1) is 14.3. The van der Waals surface area contributed by atoms with Gasteiger partial charge in [0.2, 0.25) is 0 Å². The Morgan fingerprint density at radius 2 is 1.89 bits per heavy atom. The Balaban J connectivity index is 1.54. The Kier molecular flexibility index (Phi) is 5.46. The highest BCUT2D eigenvalue weighted by Gasteiger charge is 2.24. The molecule has 2 fully saturated rings. The molecule has 1 heterocycles. The number of aliphatic hydroxyl groups is 1. The van der Waals surface area contributed by atoms with Gasteiger partial charge in [-0.05, 0) is 51.1 Å². The second-order valence-corrected chi connectivity index (χ2v) is 6.63. The summed E-state index contributed by atoms with van der Waals surface area (Å²) < 4.78 is 0. The molecule has 0 aromatic carbocycles. The Bertz CT molecular complexity index is 235. The molecule has 2 aliphatic rings. The summed E-state index contributed by atoms with van der Waals surface area (Å²) in [5.41, 5.74) is 0. The molecule has 1 saturated carbocycles. The first-order valence-corrected chi connectivity index (χ1v) is 7.77. The second kappa shape index (κ2) is 6.88. The molecule has 2 atom stereocenters. The van der Waals surface area contributed by atoms with Crippen LogP contribution in [0.4, 0.5) is 0 Å². The molecule has 0 radical (unpaired) electrons. The van der Waals surface area contributed by atoms with Crippen LogP contribution in [0.5, 0.6) is 0 Å². The molecule has 0 amide bonds. The number of rotatable bonds is 7. The summed E-state index contributed by atoms with van der Waals surface area (Å²) in [6.45, 7) is 8.49. The van der Waals surface area contributed by atoms with E-state index >= 15 is 0 Å². The van der Waals surface area contributed by atoms with Crippen LogP contribution in [0.25, 0.3) is 0 Å². The van der Waals surface area contributed by atoms with Crippen molar-refractivity contribution in [1.82, 2.24) is 10.2 Å². The molecule has 1 aliphatic carbocycles. The predicted molar refractivity (Wildman–Crippen MR) is 75.7 cm³/mol. The highest BCUT2D eigenvalue weighted by atomic mass is 16.3. The maximum atomic E-state index is 10.1. The molecule has 0 spiro atoms. The third-order valence-electron chi connectivity index (χ3n) is 4.43. The van der Waals surface area contributed by atoms with Crippen molar-refractivity contribution >= 4 is 0 Å². The maximum absolute atomic E-state index is 10.1. The minimum absolute atomic E-state index is 0.208.